The van der Waals surface area contributed by atoms with E-state index in [0.29, 0.717) is 17.8 Å². The second-order valence-corrected chi connectivity index (χ2v) is 6.39. The van der Waals surface area contributed by atoms with Crippen LogP contribution in [0.25, 0.3) is 0 Å². The summed E-state index contributed by atoms with van der Waals surface area (Å²) in [4.78, 5) is 2.51. The molecule has 1 saturated carbocycles. The molecule has 1 aliphatic carbocycles. The van der Waals surface area contributed by atoms with Crippen LogP contribution in [0.4, 0.5) is 0 Å². The van der Waals surface area contributed by atoms with E-state index < -0.39 is 0 Å². The number of hydrogen-bond donors (Lipinski definition) is 1. The fourth-order valence-corrected chi connectivity index (χ4v) is 4.29. The van der Waals surface area contributed by atoms with E-state index in [1.807, 2.05) is 0 Å². The van der Waals surface area contributed by atoms with Crippen molar-refractivity contribution in [1.29, 1.82) is 0 Å². The minimum Gasteiger partial charge on any atom is -0.389 e. The van der Waals surface area contributed by atoms with E-state index in [4.69, 9.17) is 0 Å². The Hall–Kier alpha value is -0.860. The van der Waals surface area contributed by atoms with Crippen molar-refractivity contribution in [2.24, 2.45) is 11.8 Å². The van der Waals surface area contributed by atoms with Crippen LogP contribution < -0.4 is 0 Å². The van der Waals surface area contributed by atoms with Gasteiger partial charge < -0.3 is 10.0 Å². The highest BCUT2D eigenvalue weighted by atomic mass is 16.3. The first-order valence-corrected chi connectivity index (χ1v) is 7.27. The molecule has 2 bridgehead atoms. The van der Waals surface area contributed by atoms with Crippen LogP contribution in [0.2, 0.25) is 0 Å². The molecule has 96 valence electrons. The van der Waals surface area contributed by atoms with Crippen molar-refractivity contribution in [1.82, 2.24) is 4.90 Å². The Kier molecular flexibility index (Phi) is 2.33. The molecule has 1 aromatic carbocycles. The SMILES string of the molecule is OC1(C2CC2c2ccccc2)CCN2CCC1C2. The third kappa shape index (κ3) is 1.55. The number of benzene rings is 1. The average Bonchev–Trinajstić information content (AvgIpc) is 3.12. The summed E-state index contributed by atoms with van der Waals surface area (Å²) >= 11 is 0. The molecule has 0 aromatic heterocycles. The highest BCUT2D eigenvalue weighted by molar-refractivity contribution is 5.28. The van der Waals surface area contributed by atoms with E-state index in [2.05, 4.69) is 35.2 Å². The van der Waals surface area contributed by atoms with Gasteiger partial charge in [0.1, 0.15) is 0 Å². The summed E-state index contributed by atoms with van der Waals surface area (Å²) in [5.74, 6) is 1.67. The van der Waals surface area contributed by atoms with Gasteiger partial charge in [-0.2, -0.15) is 0 Å². The molecule has 3 fully saturated rings. The monoisotopic (exact) mass is 243 g/mol. The minimum atomic E-state index is -0.368. The zero-order valence-corrected chi connectivity index (χ0v) is 10.8. The molecule has 0 amide bonds. The van der Waals surface area contributed by atoms with E-state index in [9.17, 15) is 5.11 Å². The quantitative estimate of drug-likeness (QED) is 0.861. The van der Waals surface area contributed by atoms with Crippen LogP contribution in [0.3, 0.4) is 0 Å². The molecule has 2 heterocycles. The van der Waals surface area contributed by atoms with Crippen LogP contribution in [0.1, 0.15) is 30.7 Å². The summed E-state index contributed by atoms with van der Waals surface area (Å²) in [6, 6.07) is 10.8. The lowest BCUT2D eigenvalue weighted by molar-refractivity contribution is -0.0642. The summed E-state index contributed by atoms with van der Waals surface area (Å²) < 4.78 is 0. The molecule has 2 saturated heterocycles. The molecule has 5 unspecified atom stereocenters. The van der Waals surface area contributed by atoms with E-state index in [1.54, 1.807) is 0 Å². The highest BCUT2D eigenvalue weighted by Crippen LogP contribution is 2.58. The fraction of sp³-hybridized carbons (Fsp3) is 0.625. The fourth-order valence-electron chi connectivity index (χ4n) is 4.29. The summed E-state index contributed by atoms with van der Waals surface area (Å²) in [6.45, 7) is 3.44. The molecule has 2 aliphatic heterocycles. The Morgan fingerprint density at radius 2 is 2.00 bits per heavy atom. The third-order valence-electron chi connectivity index (χ3n) is 5.47. The van der Waals surface area contributed by atoms with Gasteiger partial charge in [-0.05, 0) is 43.2 Å². The first kappa shape index (κ1) is 11.0. The van der Waals surface area contributed by atoms with Crippen molar-refractivity contribution in [2.75, 3.05) is 19.6 Å². The Morgan fingerprint density at radius 3 is 2.83 bits per heavy atom. The van der Waals surface area contributed by atoms with Crippen LogP contribution in [-0.2, 0) is 0 Å². The Morgan fingerprint density at radius 1 is 1.17 bits per heavy atom. The Balaban J connectivity index is 1.55. The maximum absolute atomic E-state index is 11.1. The van der Waals surface area contributed by atoms with Crippen LogP contribution >= 0.6 is 0 Å². The van der Waals surface area contributed by atoms with E-state index in [-0.39, 0.29) is 5.60 Å². The van der Waals surface area contributed by atoms with Gasteiger partial charge in [0, 0.05) is 19.0 Å². The predicted molar refractivity (Wildman–Crippen MR) is 71.4 cm³/mol. The lowest BCUT2D eigenvalue weighted by atomic mass is 9.77. The molecule has 3 aliphatic rings. The van der Waals surface area contributed by atoms with Gasteiger partial charge in [-0.1, -0.05) is 30.3 Å². The van der Waals surface area contributed by atoms with Gasteiger partial charge in [0.15, 0.2) is 0 Å². The zero-order valence-electron chi connectivity index (χ0n) is 10.8. The molecule has 18 heavy (non-hydrogen) atoms. The largest absolute Gasteiger partial charge is 0.389 e. The molecule has 2 heteroatoms. The maximum atomic E-state index is 11.1. The Labute approximate surface area is 109 Å². The number of hydrogen-bond acceptors (Lipinski definition) is 2. The van der Waals surface area contributed by atoms with Gasteiger partial charge in [0.2, 0.25) is 0 Å². The smallest absolute Gasteiger partial charge is 0.0734 e. The normalized spacial score (nSPS) is 46.1. The number of rotatable bonds is 2. The molecular formula is C16H21NO. The van der Waals surface area contributed by atoms with Crippen LogP contribution in [0.15, 0.2) is 30.3 Å². The predicted octanol–water partition coefficient (Wildman–Crippen LogP) is 2.25. The summed E-state index contributed by atoms with van der Waals surface area (Å²) in [7, 11) is 0. The molecule has 1 aromatic rings. The number of fused-ring (bicyclic) bond motifs is 2. The molecule has 0 spiro atoms. The van der Waals surface area contributed by atoms with Crippen LogP contribution in [0.5, 0.6) is 0 Å². The second kappa shape index (κ2) is 3.82. The zero-order chi connectivity index (χ0) is 12.2. The van der Waals surface area contributed by atoms with Crippen LogP contribution in [0, 0.1) is 11.8 Å². The Bertz CT molecular complexity index is 446. The van der Waals surface area contributed by atoms with E-state index in [1.165, 1.54) is 24.9 Å². The summed E-state index contributed by atoms with van der Waals surface area (Å²) in [6.07, 6.45) is 3.39. The third-order valence-corrected chi connectivity index (χ3v) is 5.47. The molecule has 0 radical (unpaired) electrons. The van der Waals surface area contributed by atoms with Crippen molar-refractivity contribution in [3.63, 3.8) is 0 Å². The van der Waals surface area contributed by atoms with Crippen molar-refractivity contribution < 1.29 is 5.11 Å². The summed E-state index contributed by atoms with van der Waals surface area (Å²) in [5, 5.41) is 11.1. The number of aliphatic hydroxyl groups is 1. The van der Waals surface area contributed by atoms with Crippen LogP contribution in [-0.4, -0.2) is 35.2 Å². The average molecular weight is 243 g/mol. The molecule has 4 rings (SSSR count). The van der Waals surface area contributed by atoms with Gasteiger partial charge in [-0.15, -0.1) is 0 Å². The first-order chi connectivity index (χ1) is 8.77. The highest BCUT2D eigenvalue weighted by Gasteiger charge is 2.58. The molecule has 1 N–H and O–H groups in total. The molecule has 5 atom stereocenters. The van der Waals surface area contributed by atoms with E-state index >= 15 is 0 Å². The van der Waals surface area contributed by atoms with Gasteiger partial charge in [0.25, 0.3) is 0 Å². The van der Waals surface area contributed by atoms with Crippen molar-refractivity contribution >= 4 is 0 Å². The molecule has 2 nitrogen and oxygen atoms in total. The van der Waals surface area contributed by atoms with Crippen molar-refractivity contribution in [3.05, 3.63) is 35.9 Å². The lowest BCUT2D eigenvalue weighted by Crippen LogP contribution is -2.48. The lowest BCUT2D eigenvalue weighted by Gasteiger charge is -2.39. The topological polar surface area (TPSA) is 23.5 Å². The molecular weight excluding hydrogens is 222 g/mol. The summed E-state index contributed by atoms with van der Waals surface area (Å²) in [5.41, 5.74) is 1.06. The minimum absolute atomic E-state index is 0.368. The van der Waals surface area contributed by atoms with Gasteiger partial charge >= 0.3 is 0 Å². The van der Waals surface area contributed by atoms with Crippen molar-refractivity contribution in [3.8, 4) is 0 Å². The van der Waals surface area contributed by atoms with E-state index in [0.717, 1.165) is 19.5 Å². The van der Waals surface area contributed by atoms with Crippen molar-refractivity contribution in [2.45, 2.75) is 30.8 Å². The second-order valence-electron chi connectivity index (χ2n) is 6.39. The standard InChI is InChI=1S/C16H21NO/c18-16(7-9-17-8-6-13(16)11-17)15-10-14(15)12-4-2-1-3-5-12/h1-5,13-15,18H,6-11H2. The van der Waals surface area contributed by atoms with Gasteiger partial charge in [0.05, 0.1) is 5.60 Å². The van der Waals surface area contributed by atoms with Gasteiger partial charge in [-0.3, -0.25) is 0 Å². The first-order valence-electron chi connectivity index (χ1n) is 7.27. The maximum Gasteiger partial charge on any atom is 0.0734 e. The number of nitrogens with zero attached hydrogens (tertiary/aromatic N) is 1. The number of piperidine rings is 1. The van der Waals surface area contributed by atoms with Gasteiger partial charge in [-0.25, -0.2) is 0 Å².